The number of hydrogen-bond acceptors (Lipinski definition) is 5. The Bertz CT molecular complexity index is 546. The molecule has 2 aromatic rings. The van der Waals surface area contributed by atoms with Crippen molar-refractivity contribution in [1.82, 2.24) is 10.3 Å². The zero-order chi connectivity index (χ0) is 13.2. The molecule has 1 N–H and O–H groups in total. The highest BCUT2D eigenvalue weighted by Gasteiger charge is 2.20. The van der Waals surface area contributed by atoms with Crippen molar-refractivity contribution in [2.75, 3.05) is 18.0 Å². The van der Waals surface area contributed by atoms with Gasteiger partial charge in [0.25, 0.3) is 0 Å². The van der Waals surface area contributed by atoms with E-state index >= 15 is 0 Å². The summed E-state index contributed by atoms with van der Waals surface area (Å²) < 4.78 is 0. The van der Waals surface area contributed by atoms with Gasteiger partial charge in [-0.05, 0) is 36.9 Å². The molecule has 1 atom stereocenters. The van der Waals surface area contributed by atoms with Crippen LogP contribution in [0.4, 0.5) is 5.13 Å². The standard InChI is InChI=1S/C14H19N3S2/c1-3-15-10(2)12-9-19-14(16-12)17-6-4-13-11(8-17)5-7-18-13/h5,7,9-10,15H,3-4,6,8H2,1-2H3. The third-order valence-electron chi connectivity index (χ3n) is 3.54. The Morgan fingerprint density at radius 1 is 1.47 bits per heavy atom. The summed E-state index contributed by atoms with van der Waals surface area (Å²) in [6.07, 6.45) is 1.16. The minimum atomic E-state index is 0.344. The molecule has 0 fully saturated rings. The van der Waals surface area contributed by atoms with E-state index in [1.54, 1.807) is 16.2 Å². The average molecular weight is 293 g/mol. The second-order valence-electron chi connectivity index (χ2n) is 4.87. The largest absolute Gasteiger partial charge is 0.343 e. The number of thiophene rings is 1. The van der Waals surface area contributed by atoms with Crippen LogP contribution in [-0.4, -0.2) is 18.1 Å². The quantitative estimate of drug-likeness (QED) is 0.936. The highest BCUT2D eigenvalue weighted by atomic mass is 32.1. The summed E-state index contributed by atoms with van der Waals surface area (Å²) in [6, 6.07) is 2.60. The summed E-state index contributed by atoms with van der Waals surface area (Å²) in [7, 11) is 0. The molecule has 0 spiro atoms. The van der Waals surface area contributed by atoms with Crippen molar-refractivity contribution >= 4 is 27.8 Å². The van der Waals surface area contributed by atoms with Crippen molar-refractivity contribution in [3.8, 4) is 0 Å². The summed E-state index contributed by atoms with van der Waals surface area (Å²) in [5, 5.41) is 8.97. The molecule has 1 aliphatic rings. The molecule has 0 saturated carbocycles. The molecule has 5 heteroatoms. The number of fused-ring (bicyclic) bond motifs is 1. The Labute approximate surface area is 122 Å². The summed E-state index contributed by atoms with van der Waals surface area (Å²) in [5.41, 5.74) is 2.64. The van der Waals surface area contributed by atoms with E-state index in [-0.39, 0.29) is 0 Å². The maximum atomic E-state index is 4.80. The smallest absolute Gasteiger partial charge is 0.185 e. The topological polar surface area (TPSA) is 28.2 Å². The molecule has 3 nitrogen and oxygen atoms in total. The minimum absolute atomic E-state index is 0.344. The van der Waals surface area contributed by atoms with Gasteiger partial charge in [-0.1, -0.05) is 6.92 Å². The van der Waals surface area contributed by atoms with E-state index in [0.717, 1.165) is 36.9 Å². The molecule has 102 valence electrons. The van der Waals surface area contributed by atoms with Crippen LogP contribution in [0, 0.1) is 0 Å². The van der Waals surface area contributed by atoms with Crippen molar-refractivity contribution < 1.29 is 0 Å². The third-order valence-corrected chi connectivity index (χ3v) is 5.48. The molecule has 1 aliphatic heterocycles. The fourth-order valence-corrected chi connectivity index (χ4v) is 4.28. The molecule has 1 unspecified atom stereocenters. The van der Waals surface area contributed by atoms with Crippen LogP contribution in [0.1, 0.15) is 36.0 Å². The van der Waals surface area contributed by atoms with Crippen LogP contribution in [0.25, 0.3) is 0 Å². The van der Waals surface area contributed by atoms with Crippen LogP contribution in [0.3, 0.4) is 0 Å². The van der Waals surface area contributed by atoms with Crippen LogP contribution in [0.2, 0.25) is 0 Å². The molecule has 19 heavy (non-hydrogen) atoms. The van der Waals surface area contributed by atoms with Gasteiger partial charge in [-0.25, -0.2) is 4.98 Å². The maximum Gasteiger partial charge on any atom is 0.185 e. The van der Waals surface area contributed by atoms with Crippen LogP contribution in [-0.2, 0) is 13.0 Å². The second-order valence-corrected chi connectivity index (χ2v) is 6.71. The second kappa shape index (κ2) is 5.61. The fourth-order valence-electron chi connectivity index (χ4n) is 2.44. The predicted octanol–water partition coefficient (Wildman–Crippen LogP) is 3.44. The Balaban J connectivity index is 1.74. The van der Waals surface area contributed by atoms with Crippen molar-refractivity contribution in [3.63, 3.8) is 0 Å². The van der Waals surface area contributed by atoms with Crippen LogP contribution < -0.4 is 10.2 Å². The highest BCUT2D eigenvalue weighted by Crippen LogP contribution is 2.30. The third kappa shape index (κ3) is 2.68. The SMILES string of the molecule is CCNC(C)c1csc(N2CCc3sccc3C2)n1. The lowest BCUT2D eigenvalue weighted by Gasteiger charge is -2.26. The Hall–Kier alpha value is -0.910. The average Bonchev–Trinajstić information content (AvgIpc) is 3.07. The maximum absolute atomic E-state index is 4.80. The lowest BCUT2D eigenvalue weighted by Crippen LogP contribution is -2.29. The lowest BCUT2D eigenvalue weighted by molar-refractivity contribution is 0.585. The summed E-state index contributed by atoms with van der Waals surface area (Å²) in [6.45, 7) is 7.40. The molecule has 0 saturated heterocycles. The first-order valence-electron chi connectivity index (χ1n) is 6.77. The number of nitrogens with zero attached hydrogens (tertiary/aromatic N) is 2. The minimum Gasteiger partial charge on any atom is -0.343 e. The highest BCUT2D eigenvalue weighted by molar-refractivity contribution is 7.13. The van der Waals surface area contributed by atoms with Gasteiger partial charge in [0.05, 0.1) is 5.69 Å². The molecular formula is C14H19N3S2. The normalized spacial score (nSPS) is 16.4. The molecular weight excluding hydrogens is 274 g/mol. The van der Waals surface area contributed by atoms with E-state index in [9.17, 15) is 0 Å². The number of nitrogens with one attached hydrogen (secondary N) is 1. The van der Waals surface area contributed by atoms with Gasteiger partial charge in [-0.2, -0.15) is 0 Å². The van der Waals surface area contributed by atoms with Gasteiger partial charge >= 0.3 is 0 Å². The first-order valence-corrected chi connectivity index (χ1v) is 8.53. The van der Waals surface area contributed by atoms with Crippen molar-refractivity contribution in [3.05, 3.63) is 33.0 Å². The molecule has 0 aromatic carbocycles. The van der Waals surface area contributed by atoms with Gasteiger partial charge < -0.3 is 10.2 Å². The van der Waals surface area contributed by atoms with Crippen molar-refractivity contribution in [1.29, 1.82) is 0 Å². The summed E-state index contributed by atoms with van der Waals surface area (Å²) in [5.74, 6) is 0. The van der Waals surface area contributed by atoms with Crippen LogP contribution in [0.15, 0.2) is 16.8 Å². The van der Waals surface area contributed by atoms with E-state index in [2.05, 4.69) is 40.9 Å². The van der Waals surface area contributed by atoms with Crippen LogP contribution in [0.5, 0.6) is 0 Å². The molecule has 0 amide bonds. The molecule has 0 bridgehead atoms. The van der Waals surface area contributed by atoms with Gasteiger partial charge in [-0.15, -0.1) is 22.7 Å². The van der Waals surface area contributed by atoms with E-state index in [1.807, 2.05) is 11.3 Å². The van der Waals surface area contributed by atoms with Crippen LogP contribution >= 0.6 is 22.7 Å². The molecule has 3 heterocycles. The Morgan fingerprint density at radius 2 is 2.37 bits per heavy atom. The van der Waals surface area contributed by atoms with Gasteiger partial charge in [0.1, 0.15) is 0 Å². The van der Waals surface area contributed by atoms with Gasteiger partial charge in [-0.3, -0.25) is 0 Å². The lowest BCUT2D eigenvalue weighted by atomic mass is 10.1. The summed E-state index contributed by atoms with van der Waals surface area (Å²) in [4.78, 5) is 8.75. The van der Waals surface area contributed by atoms with E-state index in [4.69, 9.17) is 4.98 Å². The van der Waals surface area contributed by atoms with Crippen molar-refractivity contribution in [2.24, 2.45) is 0 Å². The number of anilines is 1. The van der Waals surface area contributed by atoms with Gasteiger partial charge in [0.2, 0.25) is 0 Å². The number of aromatic nitrogens is 1. The monoisotopic (exact) mass is 293 g/mol. The fraction of sp³-hybridized carbons (Fsp3) is 0.500. The molecule has 3 rings (SSSR count). The van der Waals surface area contributed by atoms with Gasteiger partial charge in [0, 0.05) is 29.4 Å². The first-order chi connectivity index (χ1) is 9.28. The van der Waals surface area contributed by atoms with E-state index in [1.165, 1.54) is 5.56 Å². The Kier molecular flexibility index (Phi) is 3.86. The van der Waals surface area contributed by atoms with E-state index in [0.29, 0.717) is 6.04 Å². The van der Waals surface area contributed by atoms with E-state index < -0.39 is 0 Å². The first kappa shape index (κ1) is 13.1. The summed E-state index contributed by atoms with van der Waals surface area (Å²) >= 11 is 3.65. The Morgan fingerprint density at radius 3 is 3.21 bits per heavy atom. The number of thiazole rings is 1. The van der Waals surface area contributed by atoms with Crippen molar-refractivity contribution in [2.45, 2.75) is 32.9 Å². The zero-order valence-electron chi connectivity index (χ0n) is 11.3. The predicted molar refractivity (Wildman–Crippen MR) is 83.3 cm³/mol. The van der Waals surface area contributed by atoms with Gasteiger partial charge in [0.15, 0.2) is 5.13 Å². The number of hydrogen-bond donors (Lipinski definition) is 1. The number of rotatable bonds is 4. The molecule has 0 aliphatic carbocycles. The molecule has 0 radical (unpaired) electrons. The molecule has 2 aromatic heterocycles. The zero-order valence-corrected chi connectivity index (χ0v) is 13.0.